The number of thioether (sulfide) groups is 2. The molecule has 0 saturated carbocycles. The van der Waals surface area contributed by atoms with Gasteiger partial charge in [0, 0.05) is 128 Å². The highest BCUT2D eigenvalue weighted by Crippen LogP contribution is 2.46. The number of unbranched alkanes of at least 4 members (excludes halogenated alkanes) is 2. The number of nitrogens with two attached hydrogens (primary N) is 1. The number of ether oxygens (including phenoxy) is 1. The van der Waals surface area contributed by atoms with E-state index in [0.29, 0.717) is 79.9 Å². The first-order valence-corrected chi connectivity index (χ1v) is 37.9. The summed E-state index contributed by atoms with van der Waals surface area (Å²) in [4.78, 5) is 111. The molecular formula is C80H98N10O10S2. The van der Waals surface area contributed by atoms with Gasteiger partial charge in [0.05, 0.1) is 69.2 Å². The van der Waals surface area contributed by atoms with Gasteiger partial charge in [0.15, 0.2) is 0 Å². The van der Waals surface area contributed by atoms with Crippen LogP contribution in [0.2, 0.25) is 0 Å². The molecule has 0 spiro atoms. The highest BCUT2D eigenvalue weighted by Gasteiger charge is 2.37. The minimum atomic E-state index is -1.13. The molecule has 102 heavy (non-hydrogen) atoms. The number of hydrogen-bond donors (Lipinski definition) is 9. The van der Waals surface area contributed by atoms with Crippen LogP contribution in [0.15, 0.2) is 61.7 Å². The van der Waals surface area contributed by atoms with Crippen LogP contribution in [0.3, 0.4) is 0 Å². The topological polar surface area (TPSA) is 325 Å². The molecule has 5 aliphatic heterocycles. The molecule has 4 atom stereocenters. The largest absolute Gasteiger partial charge is 0.481 e. The first-order chi connectivity index (χ1) is 48.8. The maximum absolute atomic E-state index is 13.7. The van der Waals surface area contributed by atoms with E-state index in [0.717, 1.165) is 145 Å². The van der Waals surface area contributed by atoms with Crippen LogP contribution in [0.25, 0.3) is 66.4 Å². The molecule has 0 aromatic carbocycles. The molecule has 0 fully saturated rings. The predicted molar refractivity (Wildman–Crippen MR) is 412 cm³/mol. The van der Waals surface area contributed by atoms with E-state index in [4.69, 9.17) is 30.4 Å². The third kappa shape index (κ3) is 16.7. The van der Waals surface area contributed by atoms with E-state index < -0.39 is 29.8 Å². The maximum Gasteiger partial charge on any atom is 0.348 e. The van der Waals surface area contributed by atoms with Gasteiger partial charge in [-0.25, -0.2) is 19.6 Å². The van der Waals surface area contributed by atoms with Crippen molar-refractivity contribution in [3.05, 3.63) is 163 Å². The number of carboxylic acid groups (broad SMARTS) is 3. The van der Waals surface area contributed by atoms with Crippen LogP contribution < -0.4 is 11.1 Å². The van der Waals surface area contributed by atoms with Crippen molar-refractivity contribution in [2.45, 2.75) is 184 Å². The zero-order valence-electron chi connectivity index (χ0n) is 61.0. The Morgan fingerprint density at radius 2 is 1.08 bits per heavy atom. The second kappa shape index (κ2) is 34.2. The fraction of sp³-hybridized carbons (Fsp3) is 0.425. The van der Waals surface area contributed by atoms with Gasteiger partial charge in [-0.05, 0) is 172 Å². The number of esters is 2. The lowest BCUT2D eigenvalue weighted by molar-refractivity contribution is -0.138. The summed E-state index contributed by atoms with van der Waals surface area (Å²) in [6, 6.07) is 11.9. The first kappa shape index (κ1) is 77.0. The van der Waals surface area contributed by atoms with Crippen molar-refractivity contribution in [2.24, 2.45) is 5.73 Å². The molecule has 0 aliphatic carbocycles. The first-order valence-electron chi connectivity index (χ1n) is 35.6. The number of allylic oxidation sites excluding steroid dienone is 6. The number of carbonyl (C=O) groups excluding carboxylic acids is 3. The molecule has 16 bridgehead atoms. The highest BCUT2D eigenvalue weighted by molar-refractivity contribution is 7.99. The molecule has 6 aromatic heterocycles. The molecule has 0 unspecified atom stereocenters. The Labute approximate surface area is 604 Å². The van der Waals surface area contributed by atoms with Crippen LogP contribution in [0.1, 0.15) is 241 Å². The molecule has 22 heteroatoms. The van der Waals surface area contributed by atoms with Crippen molar-refractivity contribution < 1.29 is 48.8 Å². The van der Waals surface area contributed by atoms with Crippen LogP contribution >= 0.6 is 23.5 Å². The Hall–Kier alpha value is -9.12. The van der Waals surface area contributed by atoms with Gasteiger partial charge in [0.2, 0.25) is 5.91 Å². The Balaban J connectivity index is 0.000000216. The molecule has 1 amide bonds. The van der Waals surface area contributed by atoms with Gasteiger partial charge in [-0.15, -0.1) is 0 Å². The minimum Gasteiger partial charge on any atom is -0.481 e. The number of nitrogens with zero attached hydrogens (tertiary/aromatic N) is 4. The standard InChI is InChI=1S/C40H49N5O5S.C34H34N4O5.C6H15NS/c1-8-11-15-51-16-14-41-35(46)17-28-38-27(12-13-36(47)48)23(6)31(44-38)18-29-21(4)25(9-2)33(42-29)19-30-22(5)26(10-3)34(43-30)20-32-24(7)37(40(49)50)39(28)45-32;1-7-19-15(3)23-12-25-17(5)21(9-10-29(39)40)32(37-25)22-11-30(41)43-34(42)31-18(6)26(38-33(22)31)14-28-20(8-2)16(4)24(36-28)13-27(19)35-23;1-2-3-5-8-6-4-7/h9,18-20,23,27,43,45H,2,8,10-17H2,1,3-7H3,(H,41,46)(H,47,48)(H,49,50);7,12-14,17,21,36,38H,1,8-11H2,2-6H3,(H,39,40);2-7H2,1H3/t23-,27-;17-,21-;/m00./s1. The van der Waals surface area contributed by atoms with E-state index in [-0.39, 0.29) is 67.2 Å². The Bertz CT molecular complexity index is 4730. The van der Waals surface area contributed by atoms with Gasteiger partial charge in [-0.1, -0.05) is 79.7 Å². The SMILES string of the molecule is C=CC1=C(C)c2cc3nc(c(CC(=O)NCCSCCCC)c4[nH]c(cc5[nH]c(cc1n2)c(C)c5CC)c(C)c4C(=O)O)[C@@H](CCC(=O)O)[C@@H]3C.C=CC1=C(C)c2cc3nc(c4c5[nH]c(cc6[nH]c(cc1n2)c(C)c6CC)c(C)c5C(=O)OC(=O)C4)[C@@H](CCC(=O)O)[C@@H]3C.CCCCSCCN. The second-order valence-corrected chi connectivity index (χ2v) is 29.2. The zero-order chi connectivity index (χ0) is 74.0. The lowest BCUT2D eigenvalue weighted by Crippen LogP contribution is -2.28. The molecule has 0 saturated heterocycles. The summed E-state index contributed by atoms with van der Waals surface area (Å²) in [6.07, 6.45) is 10.1. The highest BCUT2D eigenvalue weighted by atomic mass is 32.2. The molecule has 20 nitrogen and oxygen atoms in total. The summed E-state index contributed by atoms with van der Waals surface area (Å²) in [6.45, 7) is 33.7. The molecule has 11 heterocycles. The molecule has 11 rings (SSSR count). The number of rotatable bonds is 24. The van der Waals surface area contributed by atoms with Crippen LogP contribution in [0.4, 0.5) is 0 Å². The summed E-state index contributed by atoms with van der Waals surface area (Å²) in [5.41, 5.74) is 27.3. The number of hydrogen-bond acceptors (Lipinski definition) is 14. The normalized spacial score (nSPS) is 16.2. The summed E-state index contributed by atoms with van der Waals surface area (Å²) in [7, 11) is 0. The third-order valence-corrected chi connectivity index (χ3v) is 22.4. The summed E-state index contributed by atoms with van der Waals surface area (Å²) in [5, 5.41) is 33.0. The van der Waals surface area contributed by atoms with Crippen LogP contribution in [0, 0.1) is 27.7 Å². The average molecular weight is 1420 g/mol. The number of nitrogens with one attached hydrogen (secondary N) is 5. The number of cyclic esters (lactones) is 2. The van der Waals surface area contributed by atoms with Gasteiger partial charge < -0.3 is 51.0 Å². The van der Waals surface area contributed by atoms with E-state index in [2.05, 4.69) is 80.0 Å². The van der Waals surface area contributed by atoms with E-state index >= 15 is 0 Å². The fourth-order valence-electron chi connectivity index (χ4n) is 14.4. The smallest absolute Gasteiger partial charge is 0.348 e. The number of aryl methyl sites for hydroxylation is 6. The molecule has 6 aromatic rings. The molecular weight excluding hydrogens is 1330 g/mol. The number of carbonyl (C=O) groups is 6. The number of carboxylic acids is 3. The maximum atomic E-state index is 13.7. The number of amides is 1. The van der Waals surface area contributed by atoms with Gasteiger partial charge in [0.25, 0.3) is 0 Å². The number of aromatic nitrogens is 8. The van der Waals surface area contributed by atoms with Crippen molar-refractivity contribution in [1.82, 2.24) is 45.2 Å². The van der Waals surface area contributed by atoms with Crippen molar-refractivity contribution >= 4 is 126 Å². The average Bonchev–Trinajstić information content (AvgIpc) is 1.60. The van der Waals surface area contributed by atoms with Gasteiger partial charge in [-0.3, -0.25) is 29.1 Å². The number of aliphatic carboxylic acids is 2. The van der Waals surface area contributed by atoms with Crippen molar-refractivity contribution in [1.29, 1.82) is 0 Å². The molecule has 5 aliphatic rings. The van der Waals surface area contributed by atoms with E-state index in [9.17, 15) is 44.1 Å². The van der Waals surface area contributed by atoms with Crippen LogP contribution in [0.5, 0.6) is 0 Å². The lowest BCUT2D eigenvalue weighted by atomic mass is 9.85. The Morgan fingerprint density at radius 3 is 1.56 bits per heavy atom. The minimum absolute atomic E-state index is 0.0605. The van der Waals surface area contributed by atoms with E-state index in [1.807, 2.05) is 94.9 Å². The monoisotopic (exact) mass is 1420 g/mol. The van der Waals surface area contributed by atoms with Crippen molar-refractivity contribution in [2.75, 3.05) is 36.1 Å². The summed E-state index contributed by atoms with van der Waals surface area (Å²) in [5.74, 6) is -1.47. The van der Waals surface area contributed by atoms with Crippen LogP contribution in [-0.4, -0.2) is 127 Å². The molecule has 540 valence electrons. The fourth-order valence-corrected chi connectivity index (χ4v) is 16.2. The molecule has 10 N–H and O–H groups in total. The van der Waals surface area contributed by atoms with E-state index in [1.54, 1.807) is 18.7 Å². The lowest BCUT2D eigenvalue weighted by Gasteiger charge is -2.17. The predicted octanol–water partition coefficient (Wildman–Crippen LogP) is 16.3. The second-order valence-electron chi connectivity index (χ2n) is 26.7. The number of aromatic carboxylic acids is 1. The van der Waals surface area contributed by atoms with Gasteiger partial charge in [-0.2, -0.15) is 23.5 Å². The number of aromatic amines is 4. The van der Waals surface area contributed by atoms with E-state index in [1.165, 1.54) is 18.6 Å². The Kier molecular flexibility index (Phi) is 25.9. The summed E-state index contributed by atoms with van der Waals surface area (Å²) >= 11 is 3.74. The van der Waals surface area contributed by atoms with Crippen LogP contribution in [-0.2, 0) is 49.6 Å². The van der Waals surface area contributed by atoms with Crippen molar-refractivity contribution in [3.8, 4) is 0 Å². The van der Waals surface area contributed by atoms with Gasteiger partial charge >= 0.3 is 29.8 Å². The summed E-state index contributed by atoms with van der Waals surface area (Å²) < 4.78 is 5.23. The third-order valence-electron chi connectivity index (χ3n) is 20.2. The number of fused-ring (bicyclic) bond motifs is 16. The Morgan fingerprint density at radius 1 is 0.598 bits per heavy atom. The molecule has 0 radical (unpaired) electrons. The number of H-pyrrole nitrogens is 4. The quantitative estimate of drug-likeness (QED) is 0.0154. The zero-order valence-corrected chi connectivity index (χ0v) is 62.6. The van der Waals surface area contributed by atoms with Crippen molar-refractivity contribution in [3.63, 3.8) is 0 Å². The van der Waals surface area contributed by atoms with Gasteiger partial charge in [0.1, 0.15) is 0 Å².